The number of likely N-dealkylation sites (tertiary alicyclic amines) is 1. The van der Waals surface area contributed by atoms with Gasteiger partial charge < -0.3 is 9.64 Å². The van der Waals surface area contributed by atoms with Gasteiger partial charge in [-0.2, -0.15) is 4.31 Å². The summed E-state index contributed by atoms with van der Waals surface area (Å²) in [7, 11) is -3.51. The fraction of sp³-hybridized carbons (Fsp3) is 0.467. The quantitative estimate of drug-likeness (QED) is 0.371. The Morgan fingerprint density at radius 1 is 0.703 bits per heavy atom. The highest BCUT2D eigenvalue weighted by molar-refractivity contribution is 7.89. The molecule has 6 nitrogen and oxygen atoms in total. The summed E-state index contributed by atoms with van der Waals surface area (Å²) >= 11 is 0. The molecule has 2 heterocycles. The third kappa shape index (κ3) is 6.90. The van der Waals surface area contributed by atoms with Crippen LogP contribution in [-0.2, 0) is 16.6 Å². The van der Waals surface area contributed by atoms with Crippen LogP contribution in [0.5, 0.6) is 5.75 Å². The molecule has 0 aliphatic carbocycles. The molecule has 2 aliphatic heterocycles. The highest BCUT2D eigenvalue weighted by Crippen LogP contribution is 2.23. The van der Waals surface area contributed by atoms with Gasteiger partial charge in [0.15, 0.2) is 0 Å². The zero-order valence-corrected chi connectivity index (χ0v) is 22.5. The van der Waals surface area contributed by atoms with Crippen molar-refractivity contribution in [2.75, 3.05) is 52.4 Å². The van der Waals surface area contributed by atoms with Crippen LogP contribution < -0.4 is 4.74 Å². The number of fused-ring (bicyclic) bond motifs is 1. The lowest BCUT2D eigenvalue weighted by Crippen LogP contribution is -2.35. The number of rotatable bonds is 9. The van der Waals surface area contributed by atoms with Crippen molar-refractivity contribution in [3.8, 4) is 5.75 Å². The highest BCUT2D eigenvalue weighted by atomic mass is 32.2. The van der Waals surface area contributed by atoms with Crippen LogP contribution in [0.15, 0.2) is 71.6 Å². The van der Waals surface area contributed by atoms with Gasteiger partial charge in [0.05, 0.1) is 11.5 Å². The first-order valence-corrected chi connectivity index (χ1v) is 15.2. The van der Waals surface area contributed by atoms with Gasteiger partial charge in [0.25, 0.3) is 0 Å². The van der Waals surface area contributed by atoms with E-state index in [0.717, 1.165) is 62.1 Å². The van der Waals surface area contributed by atoms with E-state index < -0.39 is 10.0 Å². The molecule has 5 rings (SSSR count). The van der Waals surface area contributed by atoms with E-state index >= 15 is 0 Å². The van der Waals surface area contributed by atoms with Crippen molar-refractivity contribution < 1.29 is 13.2 Å². The maximum absolute atomic E-state index is 13.4. The molecule has 0 N–H and O–H groups in total. The summed E-state index contributed by atoms with van der Waals surface area (Å²) in [4.78, 5) is 5.28. The fourth-order valence-corrected chi connectivity index (χ4v) is 6.94. The van der Waals surface area contributed by atoms with E-state index in [1.165, 1.54) is 37.9 Å². The van der Waals surface area contributed by atoms with E-state index in [0.29, 0.717) is 18.0 Å². The Morgan fingerprint density at radius 3 is 2.27 bits per heavy atom. The number of benzene rings is 3. The number of hydrogen-bond acceptors (Lipinski definition) is 5. The van der Waals surface area contributed by atoms with Crippen LogP contribution in [-0.4, -0.2) is 74.9 Å². The molecule has 0 radical (unpaired) electrons. The lowest BCUT2D eigenvalue weighted by Gasteiger charge is -2.26. The second-order valence-electron chi connectivity index (χ2n) is 10.3. The predicted octanol–water partition coefficient (Wildman–Crippen LogP) is 4.99. The summed E-state index contributed by atoms with van der Waals surface area (Å²) in [6, 6.07) is 21.7. The van der Waals surface area contributed by atoms with E-state index in [-0.39, 0.29) is 0 Å². The van der Waals surface area contributed by atoms with Crippen molar-refractivity contribution in [1.29, 1.82) is 0 Å². The van der Waals surface area contributed by atoms with E-state index in [1.807, 2.05) is 30.3 Å². The first-order valence-electron chi connectivity index (χ1n) is 13.7. The Labute approximate surface area is 221 Å². The highest BCUT2D eigenvalue weighted by Gasteiger charge is 2.27. The van der Waals surface area contributed by atoms with Gasteiger partial charge in [0, 0.05) is 32.7 Å². The Hall–Kier alpha value is -2.45. The van der Waals surface area contributed by atoms with Crippen molar-refractivity contribution in [3.05, 3.63) is 72.3 Å². The predicted molar refractivity (Wildman–Crippen MR) is 149 cm³/mol. The van der Waals surface area contributed by atoms with Crippen molar-refractivity contribution in [3.63, 3.8) is 0 Å². The molecule has 0 saturated carbocycles. The SMILES string of the molecule is O=S(=O)(c1ccc2ccccc2c1)N1CCCN(Cc2ccc(OCCCN3CCCCC3)cc2)CC1. The minimum atomic E-state index is -3.51. The smallest absolute Gasteiger partial charge is 0.243 e. The standard InChI is InChI=1S/C30H39N3O3S/c34-37(35,30-15-12-27-8-2-3-9-28(27)24-30)33-20-6-18-32(21-22-33)25-26-10-13-29(14-11-26)36-23-7-19-31-16-4-1-5-17-31/h2-3,8-15,24H,1,4-7,16-23,25H2. The number of ether oxygens (including phenoxy) is 1. The number of sulfonamides is 1. The summed E-state index contributed by atoms with van der Waals surface area (Å²) in [5.41, 5.74) is 1.23. The first kappa shape index (κ1) is 26.2. The Bertz CT molecular complexity index is 1260. The van der Waals surface area contributed by atoms with Gasteiger partial charge in [-0.15, -0.1) is 0 Å². The molecule has 3 aromatic carbocycles. The van der Waals surface area contributed by atoms with E-state index in [1.54, 1.807) is 16.4 Å². The van der Waals surface area contributed by atoms with Crippen LogP contribution >= 0.6 is 0 Å². The van der Waals surface area contributed by atoms with Crippen LogP contribution in [0.2, 0.25) is 0 Å². The summed E-state index contributed by atoms with van der Waals surface area (Å²) in [6.07, 6.45) is 5.92. The molecule has 3 aromatic rings. The lowest BCUT2D eigenvalue weighted by atomic mass is 10.1. The fourth-order valence-electron chi connectivity index (χ4n) is 5.43. The minimum Gasteiger partial charge on any atom is -0.494 e. The van der Waals surface area contributed by atoms with Gasteiger partial charge in [-0.1, -0.05) is 48.9 Å². The van der Waals surface area contributed by atoms with E-state index in [4.69, 9.17) is 4.74 Å². The van der Waals surface area contributed by atoms with Gasteiger partial charge in [-0.05, 0) is 85.9 Å². The molecule has 2 aliphatic rings. The molecule has 198 valence electrons. The summed E-state index contributed by atoms with van der Waals surface area (Å²) in [6.45, 7) is 7.84. The maximum atomic E-state index is 13.4. The monoisotopic (exact) mass is 521 g/mol. The van der Waals surface area contributed by atoms with E-state index in [9.17, 15) is 8.42 Å². The molecule has 37 heavy (non-hydrogen) atoms. The summed E-state index contributed by atoms with van der Waals surface area (Å²) in [5.74, 6) is 0.922. The largest absolute Gasteiger partial charge is 0.494 e. The van der Waals surface area contributed by atoms with Gasteiger partial charge >= 0.3 is 0 Å². The molecule has 2 fully saturated rings. The van der Waals surface area contributed by atoms with Crippen LogP contribution in [0.25, 0.3) is 10.8 Å². The number of nitrogens with zero attached hydrogens (tertiary/aromatic N) is 3. The van der Waals surface area contributed by atoms with Gasteiger partial charge in [-0.3, -0.25) is 4.90 Å². The molecule has 0 amide bonds. The van der Waals surface area contributed by atoms with Gasteiger partial charge in [-0.25, -0.2) is 8.42 Å². The second kappa shape index (κ2) is 12.4. The summed E-state index contributed by atoms with van der Waals surface area (Å²) < 4.78 is 34.4. The third-order valence-corrected chi connectivity index (χ3v) is 9.47. The van der Waals surface area contributed by atoms with E-state index in [2.05, 4.69) is 34.1 Å². The summed E-state index contributed by atoms with van der Waals surface area (Å²) in [5, 5.41) is 2.01. The zero-order valence-electron chi connectivity index (χ0n) is 21.7. The normalized spacial score (nSPS) is 18.6. The second-order valence-corrected chi connectivity index (χ2v) is 12.2. The van der Waals surface area contributed by atoms with Crippen LogP contribution in [0.4, 0.5) is 0 Å². The van der Waals surface area contributed by atoms with Crippen LogP contribution in [0.1, 0.15) is 37.7 Å². The van der Waals surface area contributed by atoms with Crippen LogP contribution in [0.3, 0.4) is 0 Å². The van der Waals surface area contributed by atoms with Gasteiger partial charge in [0.2, 0.25) is 10.0 Å². The van der Waals surface area contributed by atoms with Gasteiger partial charge in [0.1, 0.15) is 5.75 Å². The molecular weight excluding hydrogens is 482 g/mol. The third-order valence-electron chi connectivity index (χ3n) is 7.57. The average Bonchev–Trinajstić information content (AvgIpc) is 3.18. The molecule has 0 spiro atoms. The molecule has 2 saturated heterocycles. The van der Waals surface area contributed by atoms with Crippen molar-refractivity contribution >= 4 is 20.8 Å². The number of piperidine rings is 1. The number of hydrogen-bond donors (Lipinski definition) is 0. The van der Waals surface area contributed by atoms with Crippen molar-refractivity contribution in [2.24, 2.45) is 0 Å². The molecule has 0 aromatic heterocycles. The Kier molecular flexibility index (Phi) is 8.77. The minimum absolute atomic E-state index is 0.381. The van der Waals surface area contributed by atoms with Crippen LogP contribution in [0, 0.1) is 0 Å². The van der Waals surface area contributed by atoms with Crippen molar-refractivity contribution in [2.45, 2.75) is 43.5 Å². The molecular formula is C30H39N3O3S. The first-order chi connectivity index (χ1) is 18.1. The lowest BCUT2D eigenvalue weighted by molar-refractivity contribution is 0.205. The molecule has 0 unspecified atom stereocenters. The zero-order chi connectivity index (χ0) is 25.5. The molecule has 7 heteroatoms. The average molecular weight is 522 g/mol. The molecule has 0 atom stereocenters. The Morgan fingerprint density at radius 2 is 1.46 bits per heavy atom. The Balaban J connectivity index is 1.10. The maximum Gasteiger partial charge on any atom is 0.243 e. The van der Waals surface area contributed by atoms with Crippen molar-refractivity contribution in [1.82, 2.24) is 14.1 Å². The topological polar surface area (TPSA) is 53.1 Å². The molecule has 0 bridgehead atoms.